The molecular formula is C28H34N2O5S. The first-order valence-corrected chi connectivity index (χ1v) is 13.2. The van der Waals surface area contributed by atoms with Gasteiger partial charge in [-0.15, -0.1) is 0 Å². The number of carbonyl (C=O) groups excluding carboxylic acids is 1. The number of rotatable bonds is 10. The first-order chi connectivity index (χ1) is 17.1. The largest absolute Gasteiger partial charge is 0.493 e. The van der Waals surface area contributed by atoms with E-state index in [0.29, 0.717) is 17.9 Å². The molecule has 1 atom stereocenters. The van der Waals surface area contributed by atoms with Crippen LogP contribution < -0.4 is 19.1 Å². The van der Waals surface area contributed by atoms with Gasteiger partial charge in [0, 0.05) is 6.07 Å². The van der Waals surface area contributed by atoms with Crippen LogP contribution in [0.1, 0.15) is 41.6 Å². The van der Waals surface area contributed by atoms with E-state index in [0.717, 1.165) is 21.0 Å². The molecule has 0 aliphatic heterocycles. The van der Waals surface area contributed by atoms with Crippen LogP contribution in [0.25, 0.3) is 0 Å². The lowest BCUT2D eigenvalue weighted by atomic mass is 9.99. The molecule has 3 aromatic carbocycles. The van der Waals surface area contributed by atoms with Gasteiger partial charge in [-0.2, -0.15) is 0 Å². The Morgan fingerprint density at radius 2 is 1.56 bits per heavy atom. The number of methoxy groups -OCH3 is 2. The van der Waals surface area contributed by atoms with Gasteiger partial charge in [0.1, 0.15) is 6.54 Å². The Hall–Kier alpha value is -3.52. The third-order valence-corrected chi connectivity index (χ3v) is 8.00. The van der Waals surface area contributed by atoms with Crippen LogP contribution in [0.4, 0.5) is 5.69 Å². The Kier molecular flexibility index (Phi) is 8.63. The van der Waals surface area contributed by atoms with Gasteiger partial charge < -0.3 is 14.8 Å². The summed E-state index contributed by atoms with van der Waals surface area (Å²) >= 11 is 0. The SMILES string of the molecule is CCC(NC(=O)CN(c1ccc(C)cc1)S(=O)(=O)c1ccc(OC)c(OC)c1)c1ccc(C)c(C)c1. The number of anilines is 1. The third-order valence-electron chi connectivity index (χ3n) is 6.23. The predicted octanol–water partition coefficient (Wildman–Crippen LogP) is 5.09. The van der Waals surface area contributed by atoms with E-state index < -0.39 is 15.9 Å². The number of carbonyl (C=O) groups is 1. The molecule has 0 aromatic heterocycles. The number of hydrogen-bond acceptors (Lipinski definition) is 5. The zero-order valence-electron chi connectivity index (χ0n) is 21.7. The van der Waals surface area contributed by atoms with Crippen molar-refractivity contribution in [3.8, 4) is 11.5 Å². The number of ether oxygens (including phenoxy) is 2. The molecule has 0 spiro atoms. The average molecular weight is 511 g/mol. The van der Waals surface area contributed by atoms with E-state index in [9.17, 15) is 13.2 Å². The number of nitrogens with zero attached hydrogens (tertiary/aromatic N) is 1. The highest BCUT2D eigenvalue weighted by Gasteiger charge is 2.29. The van der Waals surface area contributed by atoms with Crippen LogP contribution in [0, 0.1) is 20.8 Å². The van der Waals surface area contributed by atoms with Crippen LogP contribution in [-0.4, -0.2) is 35.1 Å². The van der Waals surface area contributed by atoms with E-state index in [-0.39, 0.29) is 23.2 Å². The minimum Gasteiger partial charge on any atom is -0.493 e. The zero-order chi connectivity index (χ0) is 26.5. The number of aryl methyl sites for hydroxylation is 3. The van der Waals surface area contributed by atoms with Crippen molar-refractivity contribution in [1.29, 1.82) is 0 Å². The Morgan fingerprint density at radius 3 is 2.14 bits per heavy atom. The number of hydrogen-bond donors (Lipinski definition) is 1. The average Bonchev–Trinajstić information content (AvgIpc) is 2.87. The van der Waals surface area contributed by atoms with E-state index in [4.69, 9.17) is 9.47 Å². The van der Waals surface area contributed by atoms with Gasteiger partial charge in [0.2, 0.25) is 5.91 Å². The topological polar surface area (TPSA) is 84.9 Å². The number of sulfonamides is 1. The second kappa shape index (κ2) is 11.5. The summed E-state index contributed by atoms with van der Waals surface area (Å²) < 4.78 is 39.2. The van der Waals surface area contributed by atoms with Crippen molar-refractivity contribution in [1.82, 2.24) is 5.32 Å². The Bertz CT molecular complexity index is 1320. The molecular weight excluding hydrogens is 476 g/mol. The summed E-state index contributed by atoms with van der Waals surface area (Å²) in [4.78, 5) is 13.2. The molecule has 36 heavy (non-hydrogen) atoms. The number of amides is 1. The molecule has 3 aromatic rings. The van der Waals surface area contributed by atoms with Crippen molar-refractivity contribution in [3.05, 3.63) is 82.9 Å². The molecule has 0 aliphatic carbocycles. The first kappa shape index (κ1) is 27.1. The molecule has 0 bridgehead atoms. The number of nitrogens with one attached hydrogen (secondary N) is 1. The molecule has 7 nitrogen and oxygen atoms in total. The highest BCUT2D eigenvalue weighted by atomic mass is 32.2. The highest BCUT2D eigenvalue weighted by molar-refractivity contribution is 7.92. The van der Waals surface area contributed by atoms with Gasteiger partial charge in [-0.05, 0) is 68.1 Å². The lowest BCUT2D eigenvalue weighted by Crippen LogP contribution is -2.42. The summed E-state index contributed by atoms with van der Waals surface area (Å²) in [5, 5.41) is 3.02. The molecule has 0 radical (unpaired) electrons. The summed E-state index contributed by atoms with van der Waals surface area (Å²) in [5.41, 5.74) is 4.67. The number of benzene rings is 3. The third kappa shape index (κ3) is 5.99. The summed E-state index contributed by atoms with van der Waals surface area (Å²) in [5.74, 6) is 0.299. The molecule has 0 aliphatic rings. The van der Waals surface area contributed by atoms with E-state index in [1.165, 1.54) is 38.0 Å². The quantitative estimate of drug-likeness (QED) is 0.411. The fourth-order valence-corrected chi connectivity index (χ4v) is 5.34. The summed E-state index contributed by atoms with van der Waals surface area (Å²) in [6.45, 7) is 7.59. The van der Waals surface area contributed by atoms with Crippen molar-refractivity contribution in [2.45, 2.75) is 45.1 Å². The maximum absolute atomic E-state index is 13.8. The van der Waals surface area contributed by atoms with Crippen molar-refractivity contribution in [3.63, 3.8) is 0 Å². The van der Waals surface area contributed by atoms with E-state index in [2.05, 4.69) is 11.4 Å². The van der Waals surface area contributed by atoms with Crippen molar-refractivity contribution < 1.29 is 22.7 Å². The van der Waals surface area contributed by atoms with E-state index >= 15 is 0 Å². The normalized spacial score (nSPS) is 12.1. The molecule has 0 heterocycles. The van der Waals surface area contributed by atoms with Gasteiger partial charge in [0.05, 0.1) is 30.8 Å². The van der Waals surface area contributed by atoms with Crippen molar-refractivity contribution >= 4 is 21.6 Å². The second-order valence-electron chi connectivity index (χ2n) is 8.74. The van der Waals surface area contributed by atoms with Gasteiger partial charge in [-0.1, -0.05) is 42.8 Å². The van der Waals surface area contributed by atoms with Crippen LogP contribution >= 0.6 is 0 Å². The van der Waals surface area contributed by atoms with Gasteiger partial charge in [0.25, 0.3) is 10.0 Å². The molecule has 1 amide bonds. The van der Waals surface area contributed by atoms with Gasteiger partial charge in [-0.3, -0.25) is 9.10 Å². The van der Waals surface area contributed by atoms with Crippen LogP contribution in [-0.2, 0) is 14.8 Å². The lowest BCUT2D eigenvalue weighted by molar-refractivity contribution is -0.120. The molecule has 192 valence electrons. The molecule has 0 fully saturated rings. The summed E-state index contributed by atoms with van der Waals surface area (Å²) in [6.07, 6.45) is 0.668. The lowest BCUT2D eigenvalue weighted by Gasteiger charge is -2.26. The van der Waals surface area contributed by atoms with Crippen molar-refractivity contribution in [2.75, 3.05) is 25.1 Å². The Morgan fingerprint density at radius 1 is 0.889 bits per heavy atom. The fraction of sp³-hybridized carbons (Fsp3) is 0.321. The maximum Gasteiger partial charge on any atom is 0.264 e. The van der Waals surface area contributed by atoms with E-state index in [1.54, 1.807) is 12.1 Å². The van der Waals surface area contributed by atoms with Gasteiger partial charge in [-0.25, -0.2) is 8.42 Å². The van der Waals surface area contributed by atoms with Crippen LogP contribution in [0.15, 0.2) is 65.6 Å². The highest BCUT2D eigenvalue weighted by Crippen LogP contribution is 2.32. The molecule has 1 N–H and O–H groups in total. The van der Waals surface area contributed by atoms with Crippen LogP contribution in [0.5, 0.6) is 11.5 Å². The zero-order valence-corrected chi connectivity index (χ0v) is 22.5. The van der Waals surface area contributed by atoms with Gasteiger partial charge >= 0.3 is 0 Å². The molecule has 8 heteroatoms. The van der Waals surface area contributed by atoms with Crippen LogP contribution in [0.3, 0.4) is 0 Å². The monoisotopic (exact) mass is 510 g/mol. The summed E-state index contributed by atoms with van der Waals surface area (Å²) in [7, 11) is -1.18. The first-order valence-electron chi connectivity index (χ1n) is 11.8. The van der Waals surface area contributed by atoms with Gasteiger partial charge in [0.15, 0.2) is 11.5 Å². The Balaban J connectivity index is 1.95. The maximum atomic E-state index is 13.8. The molecule has 3 rings (SSSR count). The minimum absolute atomic E-state index is 0.00488. The molecule has 1 unspecified atom stereocenters. The fourth-order valence-electron chi connectivity index (χ4n) is 3.90. The van der Waals surface area contributed by atoms with Crippen molar-refractivity contribution in [2.24, 2.45) is 0 Å². The summed E-state index contributed by atoms with van der Waals surface area (Å²) in [6, 6.07) is 17.2. The molecule has 0 saturated heterocycles. The van der Waals surface area contributed by atoms with Crippen LogP contribution in [0.2, 0.25) is 0 Å². The second-order valence-corrected chi connectivity index (χ2v) is 10.6. The minimum atomic E-state index is -4.10. The Labute approximate surface area is 214 Å². The van der Waals surface area contributed by atoms with E-state index in [1.807, 2.05) is 52.0 Å². The standard InChI is InChI=1S/C28H34N2O5S/c1-7-25(22-11-10-20(3)21(4)16-22)29-28(31)18-30(23-12-8-19(2)9-13-23)36(32,33)24-14-15-26(34-5)27(17-24)35-6/h8-17,25H,7,18H2,1-6H3,(H,29,31). The molecule has 0 saturated carbocycles. The smallest absolute Gasteiger partial charge is 0.264 e. The predicted molar refractivity (Wildman–Crippen MR) is 142 cm³/mol.